The fourth-order valence-electron chi connectivity index (χ4n) is 4.22. The molecule has 10 heteroatoms. The number of hydrogen-bond donors (Lipinski definition) is 2. The lowest BCUT2D eigenvalue weighted by atomic mass is 9.82. The van der Waals surface area contributed by atoms with Crippen LogP contribution < -0.4 is 10.5 Å². The standard InChI is InChI=1S/C28H27N7O3/c1-28(2,14-23(36)37)19-7-8-20(31-15-19)16-38-27-26(29)32-25(22-10-12-35(3)34-22)24(33-27)18-6-9-21-17(13-18)5-4-11-30-21/h4-13,15H,14,16H2,1-3H3,(H2,29,32)(H,36,37). The molecule has 192 valence electrons. The van der Waals surface area contributed by atoms with Crippen LogP contribution >= 0.6 is 0 Å². The third-order valence-electron chi connectivity index (χ3n) is 6.28. The van der Waals surface area contributed by atoms with E-state index in [1.807, 2.05) is 75.6 Å². The minimum absolute atomic E-state index is 0.00683. The first-order valence-corrected chi connectivity index (χ1v) is 12.0. The van der Waals surface area contributed by atoms with Gasteiger partial charge in [0, 0.05) is 42.0 Å². The number of hydrogen-bond acceptors (Lipinski definition) is 8. The Balaban J connectivity index is 1.47. The van der Waals surface area contributed by atoms with Gasteiger partial charge in [0.1, 0.15) is 23.7 Å². The second-order valence-corrected chi connectivity index (χ2v) is 9.68. The Morgan fingerprint density at radius 2 is 1.92 bits per heavy atom. The molecule has 1 aromatic carbocycles. The van der Waals surface area contributed by atoms with Crippen molar-refractivity contribution in [3.8, 4) is 28.5 Å². The number of carboxylic acids is 1. The second kappa shape index (κ2) is 9.89. The van der Waals surface area contributed by atoms with Crippen molar-refractivity contribution in [1.29, 1.82) is 0 Å². The Morgan fingerprint density at radius 1 is 1.08 bits per heavy atom. The predicted molar refractivity (Wildman–Crippen MR) is 143 cm³/mol. The average molecular weight is 510 g/mol. The van der Waals surface area contributed by atoms with Crippen molar-refractivity contribution in [2.45, 2.75) is 32.3 Å². The number of nitrogens with zero attached hydrogens (tertiary/aromatic N) is 6. The number of benzene rings is 1. The van der Waals surface area contributed by atoms with E-state index in [2.05, 4.69) is 20.1 Å². The van der Waals surface area contributed by atoms with Crippen molar-refractivity contribution in [1.82, 2.24) is 29.7 Å². The number of carboxylic acid groups (broad SMARTS) is 1. The van der Waals surface area contributed by atoms with E-state index in [1.54, 1.807) is 17.1 Å². The first kappa shape index (κ1) is 24.8. The Bertz CT molecular complexity index is 1630. The molecule has 10 nitrogen and oxygen atoms in total. The number of ether oxygens (including phenoxy) is 1. The summed E-state index contributed by atoms with van der Waals surface area (Å²) >= 11 is 0. The van der Waals surface area contributed by atoms with Gasteiger partial charge in [0.05, 0.1) is 17.6 Å². The molecule has 4 aromatic heterocycles. The molecule has 0 atom stereocenters. The largest absolute Gasteiger partial charge is 0.481 e. The zero-order chi connectivity index (χ0) is 26.9. The first-order valence-electron chi connectivity index (χ1n) is 12.0. The van der Waals surface area contributed by atoms with Gasteiger partial charge in [-0.3, -0.25) is 19.4 Å². The third-order valence-corrected chi connectivity index (χ3v) is 6.28. The maximum absolute atomic E-state index is 11.2. The molecule has 0 spiro atoms. The number of nitrogen functional groups attached to an aromatic ring is 1. The molecular formula is C28H27N7O3. The van der Waals surface area contributed by atoms with E-state index in [9.17, 15) is 9.90 Å². The summed E-state index contributed by atoms with van der Waals surface area (Å²) in [6.07, 6.45) is 5.27. The predicted octanol–water partition coefficient (Wildman–Crippen LogP) is 4.40. The molecule has 4 heterocycles. The maximum Gasteiger partial charge on any atom is 0.304 e. The van der Waals surface area contributed by atoms with Crippen molar-refractivity contribution in [2.75, 3.05) is 5.73 Å². The number of carbonyl (C=O) groups is 1. The van der Waals surface area contributed by atoms with Gasteiger partial charge in [-0.15, -0.1) is 0 Å². The molecule has 0 unspecified atom stereocenters. The molecule has 0 aliphatic rings. The minimum Gasteiger partial charge on any atom is -0.481 e. The lowest BCUT2D eigenvalue weighted by Crippen LogP contribution is -2.22. The molecule has 0 amide bonds. The van der Waals surface area contributed by atoms with Crippen LogP contribution in [0.1, 0.15) is 31.5 Å². The van der Waals surface area contributed by atoms with E-state index in [4.69, 9.17) is 15.5 Å². The fraction of sp³-hybridized carbons (Fsp3) is 0.214. The SMILES string of the molecule is Cn1ccc(-c2nc(N)c(OCc3ccc(C(C)(C)CC(=O)O)cn3)nc2-c2ccc3ncccc3c2)n1. The van der Waals surface area contributed by atoms with E-state index in [1.165, 1.54) is 0 Å². The van der Waals surface area contributed by atoms with Crippen molar-refractivity contribution in [3.63, 3.8) is 0 Å². The lowest BCUT2D eigenvalue weighted by Gasteiger charge is -2.22. The van der Waals surface area contributed by atoms with Crippen LogP contribution in [0.15, 0.2) is 67.1 Å². The zero-order valence-corrected chi connectivity index (χ0v) is 21.3. The highest BCUT2D eigenvalue weighted by atomic mass is 16.5. The fourth-order valence-corrected chi connectivity index (χ4v) is 4.22. The van der Waals surface area contributed by atoms with E-state index in [0.29, 0.717) is 22.8 Å². The molecule has 0 saturated carbocycles. The summed E-state index contributed by atoms with van der Waals surface area (Å²) < 4.78 is 7.66. The third kappa shape index (κ3) is 5.15. The van der Waals surface area contributed by atoms with Crippen LogP contribution in [0.5, 0.6) is 5.88 Å². The number of fused-ring (bicyclic) bond motifs is 1. The van der Waals surface area contributed by atoms with Gasteiger partial charge in [0.15, 0.2) is 5.82 Å². The highest BCUT2D eigenvalue weighted by Gasteiger charge is 2.24. The van der Waals surface area contributed by atoms with Crippen molar-refractivity contribution in [2.24, 2.45) is 7.05 Å². The number of rotatable bonds is 8. The second-order valence-electron chi connectivity index (χ2n) is 9.68. The molecule has 5 aromatic rings. The van der Waals surface area contributed by atoms with Crippen molar-refractivity contribution >= 4 is 22.7 Å². The summed E-state index contributed by atoms with van der Waals surface area (Å²) in [6.45, 7) is 3.86. The summed E-state index contributed by atoms with van der Waals surface area (Å²) in [5.74, 6) is -0.539. The molecule has 3 N–H and O–H groups in total. The van der Waals surface area contributed by atoms with Crippen LogP contribution in [-0.2, 0) is 23.9 Å². The summed E-state index contributed by atoms with van der Waals surface area (Å²) in [4.78, 5) is 29.4. The lowest BCUT2D eigenvalue weighted by molar-refractivity contribution is -0.138. The Hall–Kier alpha value is -4.86. The number of nitrogens with two attached hydrogens (primary N) is 1. The quantitative estimate of drug-likeness (QED) is 0.311. The summed E-state index contributed by atoms with van der Waals surface area (Å²) in [5, 5.41) is 14.6. The van der Waals surface area contributed by atoms with Crippen LogP contribution in [0.4, 0.5) is 5.82 Å². The molecule has 0 aliphatic carbocycles. The number of aliphatic carboxylic acids is 1. The van der Waals surface area contributed by atoms with E-state index < -0.39 is 11.4 Å². The number of aryl methyl sites for hydroxylation is 1. The molecule has 0 bridgehead atoms. The zero-order valence-electron chi connectivity index (χ0n) is 21.3. The summed E-state index contributed by atoms with van der Waals surface area (Å²) in [6, 6.07) is 15.3. The molecule has 0 saturated heterocycles. The van der Waals surface area contributed by atoms with Gasteiger partial charge < -0.3 is 15.6 Å². The minimum atomic E-state index is -0.857. The highest BCUT2D eigenvalue weighted by molar-refractivity contribution is 5.87. The molecule has 0 radical (unpaired) electrons. The topological polar surface area (TPSA) is 142 Å². The summed E-state index contributed by atoms with van der Waals surface area (Å²) in [5.41, 5.74) is 10.7. The number of pyridine rings is 2. The molecule has 38 heavy (non-hydrogen) atoms. The Kier molecular flexibility index (Phi) is 6.46. The molecule has 5 rings (SSSR count). The van der Waals surface area contributed by atoms with Crippen LogP contribution in [0, 0.1) is 0 Å². The number of anilines is 1. The normalized spacial score (nSPS) is 11.6. The molecule has 0 aliphatic heterocycles. The van der Waals surface area contributed by atoms with E-state index in [0.717, 1.165) is 22.0 Å². The smallest absolute Gasteiger partial charge is 0.304 e. The number of aromatic nitrogens is 6. The van der Waals surface area contributed by atoms with Gasteiger partial charge >= 0.3 is 5.97 Å². The Morgan fingerprint density at radius 3 is 2.63 bits per heavy atom. The van der Waals surface area contributed by atoms with E-state index >= 15 is 0 Å². The van der Waals surface area contributed by atoms with Gasteiger partial charge in [0.2, 0.25) is 0 Å². The highest BCUT2D eigenvalue weighted by Crippen LogP contribution is 2.34. The van der Waals surface area contributed by atoms with Gasteiger partial charge in [-0.1, -0.05) is 32.0 Å². The first-order chi connectivity index (χ1) is 18.2. The maximum atomic E-state index is 11.2. The van der Waals surface area contributed by atoms with Gasteiger partial charge in [-0.05, 0) is 35.9 Å². The van der Waals surface area contributed by atoms with Crippen LogP contribution in [0.2, 0.25) is 0 Å². The van der Waals surface area contributed by atoms with E-state index in [-0.39, 0.29) is 24.7 Å². The Labute approximate surface area is 219 Å². The van der Waals surface area contributed by atoms with Gasteiger partial charge in [-0.25, -0.2) is 9.97 Å². The van der Waals surface area contributed by atoms with Crippen LogP contribution in [0.25, 0.3) is 33.5 Å². The van der Waals surface area contributed by atoms with Crippen LogP contribution in [0.3, 0.4) is 0 Å². The van der Waals surface area contributed by atoms with Gasteiger partial charge in [0.25, 0.3) is 5.88 Å². The van der Waals surface area contributed by atoms with Gasteiger partial charge in [-0.2, -0.15) is 5.10 Å². The molecular weight excluding hydrogens is 482 g/mol. The van der Waals surface area contributed by atoms with Crippen molar-refractivity contribution < 1.29 is 14.6 Å². The summed E-state index contributed by atoms with van der Waals surface area (Å²) in [7, 11) is 1.83. The molecule has 0 fully saturated rings. The average Bonchev–Trinajstić information content (AvgIpc) is 3.33. The monoisotopic (exact) mass is 509 g/mol. The van der Waals surface area contributed by atoms with Crippen LogP contribution in [-0.4, -0.2) is 40.8 Å². The van der Waals surface area contributed by atoms with Crippen molar-refractivity contribution in [3.05, 3.63) is 78.4 Å².